The Morgan fingerprint density at radius 2 is 1.78 bits per heavy atom. The van der Waals surface area contributed by atoms with E-state index in [2.05, 4.69) is 36.1 Å². The number of H-pyrrole nitrogens is 1. The number of carbonyl (C=O) groups excluding carboxylic acids is 4. The van der Waals surface area contributed by atoms with Crippen LogP contribution in [-0.2, 0) is 16.1 Å². The van der Waals surface area contributed by atoms with Crippen molar-refractivity contribution in [1.29, 1.82) is 5.26 Å². The number of aryl methyl sites for hydroxylation is 1. The number of amides is 4. The molecule has 260 valence electrons. The Balaban J connectivity index is 1.35. The molecule has 15 heteroatoms. The summed E-state index contributed by atoms with van der Waals surface area (Å²) in [6.07, 6.45) is 5.97. The third-order valence-corrected chi connectivity index (χ3v) is 9.52. The summed E-state index contributed by atoms with van der Waals surface area (Å²) in [5.41, 5.74) is 0.740. The molecule has 49 heavy (non-hydrogen) atoms. The lowest BCUT2D eigenvalue weighted by Crippen LogP contribution is -2.55. The fraction of sp³-hybridized carbons (Fsp3) is 0.500. The Hall–Kier alpha value is -5.10. The SMILES string of the molecule is CCn1nccc1C(=O)N[C@H](C(=O)Nc1ccc([C@H](C)[C@@H](NC(=O)c2cc(C#N)n[nH]2)C(=O)N2CCN(C)CC2)cc1F)C1CCCCC1. The van der Waals surface area contributed by atoms with Gasteiger partial charge in [-0.3, -0.25) is 29.0 Å². The molecular weight excluding hydrogens is 631 g/mol. The quantitative estimate of drug-likeness (QED) is 0.240. The maximum atomic E-state index is 15.7. The first-order chi connectivity index (χ1) is 23.6. The monoisotopic (exact) mass is 674 g/mol. The Labute approximate surface area is 284 Å². The average Bonchev–Trinajstić information content (AvgIpc) is 3.81. The predicted octanol–water partition coefficient (Wildman–Crippen LogP) is 2.63. The molecular formula is C34H43FN10O4. The van der Waals surface area contributed by atoms with Crippen LogP contribution < -0.4 is 16.0 Å². The minimum absolute atomic E-state index is 0.0166. The average molecular weight is 675 g/mol. The number of piperazine rings is 1. The summed E-state index contributed by atoms with van der Waals surface area (Å²) < 4.78 is 17.3. The van der Waals surface area contributed by atoms with E-state index in [4.69, 9.17) is 5.26 Å². The molecule has 0 spiro atoms. The zero-order valence-corrected chi connectivity index (χ0v) is 28.0. The van der Waals surface area contributed by atoms with Gasteiger partial charge in [-0.15, -0.1) is 0 Å². The maximum Gasteiger partial charge on any atom is 0.270 e. The summed E-state index contributed by atoms with van der Waals surface area (Å²) in [6, 6.07) is 7.08. The van der Waals surface area contributed by atoms with Gasteiger partial charge in [0.15, 0.2) is 5.69 Å². The van der Waals surface area contributed by atoms with E-state index in [0.29, 0.717) is 44.0 Å². The Morgan fingerprint density at radius 1 is 1.04 bits per heavy atom. The van der Waals surface area contributed by atoms with Crippen molar-refractivity contribution in [1.82, 2.24) is 40.4 Å². The number of hydrogen-bond donors (Lipinski definition) is 4. The second-order valence-corrected chi connectivity index (χ2v) is 12.8. The van der Waals surface area contributed by atoms with E-state index in [1.54, 1.807) is 28.6 Å². The van der Waals surface area contributed by atoms with Crippen LogP contribution in [-0.4, -0.2) is 98.7 Å². The number of rotatable bonds is 11. The number of anilines is 1. The summed E-state index contributed by atoms with van der Waals surface area (Å²) in [7, 11) is 1.96. The van der Waals surface area contributed by atoms with Crippen molar-refractivity contribution in [2.45, 2.75) is 70.5 Å². The molecule has 0 bridgehead atoms. The fourth-order valence-corrected chi connectivity index (χ4v) is 6.52. The third-order valence-electron chi connectivity index (χ3n) is 9.52. The fourth-order valence-electron chi connectivity index (χ4n) is 6.52. The standard InChI is InChI=1S/C34H43FN10O4/c1-4-45-28(12-13-37-45)32(47)40-30(22-8-6-5-7-9-22)33(48)38-26-11-10-23(18-25(26)35)21(2)29(34(49)44-16-14-43(3)15-17-44)39-31(46)27-19-24(20-36)41-42-27/h10-13,18-19,21-22,29-30H,4-9,14-17H2,1-3H3,(H,38,48)(H,39,46)(H,40,47)(H,41,42)/t21-,29+,30-/m0/s1. The largest absolute Gasteiger partial charge is 0.339 e. The lowest BCUT2D eigenvalue weighted by atomic mass is 9.83. The van der Waals surface area contributed by atoms with Crippen LogP contribution >= 0.6 is 0 Å². The number of aromatic nitrogens is 4. The highest BCUT2D eigenvalue weighted by atomic mass is 19.1. The number of nitrogens with one attached hydrogen (secondary N) is 4. The molecule has 3 aromatic rings. The second-order valence-electron chi connectivity index (χ2n) is 12.8. The van der Waals surface area contributed by atoms with Crippen molar-refractivity contribution in [3.05, 3.63) is 65.0 Å². The molecule has 2 aliphatic rings. The van der Waals surface area contributed by atoms with Gasteiger partial charge < -0.3 is 25.8 Å². The molecule has 4 N–H and O–H groups in total. The highest BCUT2D eigenvalue weighted by Crippen LogP contribution is 2.29. The molecule has 1 aliphatic heterocycles. The van der Waals surface area contributed by atoms with Gasteiger partial charge in [-0.05, 0) is 56.5 Å². The molecule has 1 aliphatic carbocycles. The van der Waals surface area contributed by atoms with Gasteiger partial charge in [0.25, 0.3) is 11.8 Å². The smallest absolute Gasteiger partial charge is 0.270 e. The zero-order chi connectivity index (χ0) is 35.1. The molecule has 14 nitrogen and oxygen atoms in total. The molecule has 4 amide bonds. The van der Waals surface area contributed by atoms with Gasteiger partial charge >= 0.3 is 0 Å². The first-order valence-corrected chi connectivity index (χ1v) is 16.8. The Kier molecular flexibility index (Phi) is 11.4. The molecule has 0 radical (unpaired) electrons. The van der Waals surface area contributed by atoms with Crippen LogP contribution in [0.2, 0.25) is 0 Å². The number of halogens is 1. The summed E-state index contributed by atoms with van der Waals surface area (Å²) in [5, 5.41) is 27.9. The molecule has 3 heterocycles. The summed E-state index contributed by atoms with van der Waals surface area (Å²) >= 11 is 0. The van der Waals surface area contributed by atoms with Gasteiger partial charge in [0.05, 0.1) is 5.69 Å². The van der Waals surface area contributed by atoms with E-state index in [9.17, 15) is 19.2 Å². The van der Waals surface area contributed by atoms with Gasteiger partial charge in [0.2, 0.25) is 11.8 Å². The van der Waals surface area contributed by atoms with Crippen molar-refractivity contribution >= 4 is 29.3 Å². The molecule has 5 rings (SSSR count). The molecule has 1 saturated carbocycles. The van der Waals surface area contributed by atoms with Crippen molar-refractivity contribution in [2.75, 3.05) is 38.5 Å². The normalized spacial score (nSPS) is 17.4. The number of nitrogens with zero attached hydrogens (tertiary/aromatic N) is 6. The van der Waals surface area contributed by atoms with E-state index in [1.165, 1.54) is 24.4 Å². The number of aromatic amines is 1. The summed E-state index contributed by atoms with van der Waals surface area (Å²) in [5.74, 6) is -3.40. The van der Waals surface area contributed by atoms with E-state index < -0.39 is 41.5 Å². The third kappa shape index (κ3) is 8.32. The summed E-state index contributed by atoms with van der Waals surface area (Å²) in [4.78, 5) is 57.6. The van der Waals surface area contributed by atoms with Crippen LogP contribution in [0.1, 0.15) is 84.1 Å². The van der Waals surface area contributed by atoms with Crippen molar-refractivity contribution in [3.63, 3.8) is 0 Å². The highest BCUT2D eigenvalue weighted by Gasteiger charge is 2.35. The van der Waals surface area contributed by atoms with Gasteiger partial charge in [0, 0.05) is 50.9 Å². The lowest BCUT2D eigenvalue weighted by molar-refractivity contribution is -0.135. The minimum Gasteiger partial charge on any atom is -0.339 e. The Bertz CT molecular complexity index is 1700. The zero-order valence-electron chi connectivity index (χ0n) is 28.0. The van der Waals surface area contributed by atoms with Crippen LogP contribution in [0.25, 0.3) is 0 Å². The van der Waals surface area contributed by atoms with Crippen molar-refractivity contribution in [3.8, 4) is 6.07 Å². The summed E-state index contributed by atoms with van der Waals surface area (Å²) in [6.45, 7) is 6.34. The minimum atomic E-state index is -1.06. The van der Waals surface area contributed by atoms with Crippen LogP contribution in [0.5, 0.6) is 0 Å². The van der Waals surface area contributed by atoms with Gasteiger partial charge in [-0.2, -0.15) is 15.5 Å². The highest BCUT2D eigenvalue weighted by molar-refractivity contribution is 6.01. The molecule has 2 fully saturated rings. The van der Waals surface area contributed by atoms with E-state index >= 15 is 4.39 Å². The van der Waals surface area contributed by atoms with E-state index in [-0.39, 0.29) is 28.9 Å². The first kappa shape index (κ1) is 35.2. The predicted molar refractivity (Wildman–Crippen MR) is 178 cm³/mol. The van der Waals surface area contributed by atoms with Gasteiger partial charge in [-0.25, -0.2) is 4.39 Å². The number of nitriles is 1. The molecule has 3 atom stereocenters. The molecule has 0 unspecified atom stereocenters. The molecule has 2 aromatic heterocycles. The Morgan fingerprint density at radius 3 is 2.43 bits per heavy atom. The van der Waals surface area contributed by atoms with E-state index in [1.807, 2.05) is 20.0 Å². The van der Waals surface area contributed by atoms with Crippen molar-refractivity contribution in [2.24, 2.45) is 5.92 Å². The number of hydrogen-bond acceptors (Lipinski definition) is 8. The topological polar surface area (TPSA) is 181 Å². The van der Waals surface area contributed by atoms with Crippen LogP contribution in [0.15, 0.2) is 36.5 Å². The van der Waals surface area contributed by atoms with Gasteiger partial charge in [-0.1, -0.05) is 32.3 Å². The number of carbonyl (C=O) groups is 4. The van der Waals surface area contributed by atoms with Gasteiger partial charge in [0.1, 0.15) is 35.4 Å². The maximum absolute atomic E-state index is 15.7. The molecule has 1 saturated heterocycles. The van der Waals surface area contributed by atoms with Crippen LogP contribution in [0.3, 0.4) is 0 Å². The molecule has 1 aromatic carbocycles. The number of likely N-dealkylation sites (N-methyl/N-ethyl adjacent to an activating group) is 1. The lowest BCUT2D eigenvalue weighted by Gasteiger charge is -2.36. The van der Waals surface area contributed by atoms with Crippen LogP contribution in [0, 0.1) is 23.1 Å². The van der Waals surface area contributed by atoms with E-state index in [0.717, 1.165) is 32.1 Å². The van der Waals surface area contributed by atoms with Crippen molar-refractivity contribution < 1.29 is 23.6 Å². The number of benzene rings is 1. The second kappa shape index (κ2) is 15.9. The first-order valence-electron chi connectivity index (χ1n) is 16.8. The van der Waals surface area contributed by atoms with Crippen LogP contribution in [0.4, 0.5) is 10.1 Å².